The Morgan fingerprint density at radius 1 is 1.10 bits per heavy atom. The van der Waals surface area contributed by atoms with Gasteiger partial charge in [-0.3, -0.25) is 4.79 Å². The van der Waals surface area contributed by atoms with Gasteiger partial charge in [0.2, 0.25) is 0 Å². The highest BCUT2D eigenvalue weighted by Gasteiger charge is 2.23. The lowest BCUT2D eigenvalue weighted by atomic mass is 9.85. The van der Waals surface area contributed by atoms with Gasteiger partial charge < -0.3 is 4.98 Å². The number of aromatic nitrogens is 1. The van der Waals surface area contributed by atoms with Crippen LogP contribution in [-0.2, 0) is 0 Å². The molecular weight excluding hydrogens is 253 g/mol. The Kier molecular flexibility index (Phi) is 3.86. The number of halogens is 1. The van der Waals surface area contributed by atoms with Crippen LogP contribution in [-0.4, -0.2) is 10.8 Å². The lowest BCUT2D eigenvalue weighted by Crippen LogP contribution is -2.16. The fourth-order valence-electron chi connectivity index (χ4n) is 3.24. The number of H-pyrrole nitrogens is 1. The van der Waals surface area contributed by atoms with Crippen LogP contribution in [0, 0.1) is 11.7 Å². The van der Waals surface area contributed by atoms with E-state index in [2.05, 4.69) is 4.98 Å². The number of fused-ring (bicyclic) bond motifs is 1. The SMILES string of the molecule is O=C(c1c[nH]c2cc(F)ccc12)C1CCCCCCC1. The van der Waals surface area contributed by atoms with Crippen LogP contribution in [0.3, 0.4) is 0 Å². The quantitative estimate of drug-likeness (QED) is 0.779. The van der Waals surface area contributed by atoms with Crippen LogP contribution in [0.15, 0.2) is 24.4 Å². The molecule has 0 amide bonds. The van der Waals surface area contributed by atoms with Crippen molar-refractivity contribution in [3.8, 4) is 0 Å². The first-order valence-corrected chi connectivity index (χ1v) is 7.56. The molecule has 2 aromatic rings. The Morgan fingerprint density at radius 3 is 2.55 bits per heavy atom. The molecule has 2 nitrogen and oxygen atoms in total. The molecule has 3 heteroatoms. The second kappa shape index (κ2) is 5.78. The van der Waals surface area contributed by atoms with Gasteiger partial charge in [-0.05, 0) is 31.0 Å². The molecule has 1 aliphatic carbocycles. The van der Waals surface area contributed by atoms with Gasteiger partial charge in [0.15, 0.2) is 5.78 Å². The van der Waals surface area contributed by atoms with E-state index in [0.29, 0.717) is 5.52 Å². The van der Waals surface area contributed by atoms with Gasteiger partial charge >= 0.3 is 0 Å². The molecule has 0 bridgehead atoms. The molecule has 0 aliphatic heterocycles. The highest BCUT2D eigenvalue weighted by molar-refractivity contribution is 6.08. The van der Waals surface area contributed by atoms with Crippen LogP contribution >= 0.6 is 0 Å². The highest BCUT2D eigenvalue weighted by atomic mass is 19.1. The first kappa shape index (κ1) is 13.3. The number of carbonyl (C=O) groups excluding carboxylic acids is 1. The Hall–Kier alpha value is -1.64. The van der Waals surface area contributed by atoms with Gasteiger partial charge in [-0.1, -0.05) is 32.1 Å². The maximum absolute atomic E-state index is 13.2. The number of benzene rings is 1. The van der Waals surface area contributed by atoms with Crippen LogP contribution in [0.4, 0.5) is 4.39 Å². The summed E-state index contributed by atoms with van der Waals surface area (Å²) in [6.07, 6.45) is 9.80. The molecule has 3 rings (SSSR count). The van der Waals surface area contributed by atoms with Crippen molar-refractivity contribution in [2.75, 3.05) is 0 Å². The van der Waals surface area contributed by atoms with Crippen molar-refractivity contribution in [3.63, 3.8) is 0 Å². The van der Waals surface area contributed by atoms with E-state index in [0.717, 1.165) is 36.6 Å². The molecule has 1 N–H and O–H groups in total. The lowest BCUT2D eigenvalue weighted by Gasteiger charge is -2.18. The Morgan fingerprint density at radius 2 is 1.80 bits per heavy atom. The third-order valence-electron chi connectivity index (χ3n) is 4.39. The molecule has 1 aliphatic rings. The summed E-state index contributed by atoms with van der Waals surface area (Å²) in [5.41, 5.74) is 1.43. The first-order chi connectivity index (χ1) is 9.75. The molecule has 0 spiro atoms. The molecule has 1 fully saturated rings. The monoisotopic (exact) mass is 273 g/mol. The first-order valence-electron chi connectivity index (χ1n) is 7.56. The number of aromatic amines is 1. The van der Waals surface area contributed by atoms with E-state index >= 15 is 0 Å². The average molecular weight is 273 g/mol. The van der Waals surface area contributed by atoms with Crippen molar-refractivity contribution in [2.45, 2.75) is 44.9 Å². The number of nitrogens with one attached hydrogen (secondary N) is 1. The molecule has 0 saturated heterocycles. The van der Waals surface area contributed by atoms with Crippen LogP contribution in [0.5, 0.6) is 0 Å². The zero-order valence-electron chi connectivity index (χ0n) is 11.6. The van der Waals surface area contributed by atoms with Crippen molar-refractivity contribution in [1.82, 2.24) is 4.98 Å². The summed E-state index contributed by atoms with van der Waals surface area (Å²) >= 11 is 0. The maximum atomic E-state index is 13.2. The number of rotatable bonds is 2. The van der Waals surface area contributed by atoms with Crippen molar-refractivity contribution in [3.05, 3.63) is 35.8 Å². The average Bonchev–Trinajstić information content (AvgIpc) is 2.80. The molecule has 1 heterocycles. The normalized spacial score (nSPS) is 17.9. The van der Waals surface area contributed by atoms with Gasteiger partial charge in [0, 0.05) is 28.6 Å². The molecule has 1 saturated carbocycles. The summed E-state index contributed by atoms with van der Waals surface area (Å²) in [6.45, 7) is 0. The predicted octanol–water partition coefficient (Wildman–Crippen LogP) is 4.85. The maximum Gasteiger partial charge on any atom is 0.168 e. The van der Waals surface area contributed by atoms with E-state index in [1.165, 1.54) is 31.4 Å². The van der Waals surface area contributed by atoms with Gasteiger partial charge in [-0.25, -0.2) is 4.39 Å². The molecule has 0 radical (unpaired) electrons. The van der Waals surface area contributed by atoms with Crippen molar-refractivity contribution in [1.29, 1.82) is 0 Å². The zero-order valence-corrected chi connectivity index (χ0v) is 11.6. The summed E-state index contributed by atoms with van der Waals surface area (Å²) < 4.78 is 13.2. The van der Waals surface area contributed by atoms with E-state index in [9.17, 15) is 9.18 Å². The fraction of sp³-hybridized carbons (Fsp3) is 0.471. The number of ketones is 1. The third-order valence-corrected chi connectivity index (χ3v) is 4.39. The molecular formula is C17H20FNO. The number of hydrogen-bond donors (Lipinski definition) is 1. The van der Waals surface area contributed by atoms with Gasteiger partial charge in [-0.15, -0.1) is 0 Å². The Labute approximate surface area is 118 Å². The lowest BCUT2D eigenvalue weighted by molar-refractivity contribution is 0.0900. The summed E-state index contributed by atoms with van der Waals surface area (Å²) in [6, 6.07) is 4.58. The van der Waals surface area contributed by atoms with Crippen LogP contribution < -0.4 is 0 Å². The summed E-state index contributed by atoms with van der Waals surface area (Å²) in [5, 5.41) is 0.846. The second-order valence-electron chi connectivity index (χ2n) is 5.80. The van der Waals surface area contributed by atoms with Crippen molar-refractivity contribution >= 4 is 16.7 Å². The smallest absolute Gasteiger partial charge is 0.168 e. The topological polar surface area (TPSA) is 32.9 Å². The summed E-state index contributed by atoms with van der Waals surface area (Å²) in [4.78, 5) is 15.7. The highest BCUT2D eigenvalue weighted by Crippen LogP contribution is 2.28. The van der Waals surface area contributed by atoms with Gasteiger partial charge in [0.25, 0.3) is 0 Å². The zero-order chi connectivity index (χ0) is 13.9. The van der Waals surface area contributed by atoms with Crippen molar-refractivity contribution in [2.24, 2.45) is 5.92 Å². The van der Waals surface area contributed by atoms with Crippen LogP contribution in [0.1, 0.15) is 55.3 Å². The molecule has 0 atom stereocenters. The van der Waals surface area contributed by atoms with Crippen LogP contribution in [0.2, 0.25) is 0 Å². The number of Topliss-reactive ketones (excluding diaryl/α,β-unsaturated/α-hetero) is 1. The minimum atomic E-state index is -0.274. The minimum absolute atomic E-state index is 0.138. The number of carbonyl (C=O) groups is 1. The Balaban J connectivity index is 1.87. The van der Waals surface area contributed by atoms with Gasteiger partial charge in [0.05, 0.1) is 0 Å². The molecule has 1 aromatic heterocycles. The molecule has 0 unspecified atom stereocenters. The summed E-state index contributed by atoms with van der Waals surface area (Å²) in [5.74, 6) is 0.0911. The predicted molar refractivity (Wildman–Crippen MR) is 78.4 cm³/mol. The largest absolute Gasteiger partial charge is 0.360 e. The Bertz CT molecular complexity index is 608. The third kappa shape index (κ3) is 2.62. The van der Waals surface area contributed by atoms with E-state index in [1.807, 2.05) is 0 Å². The molecule has 1 aromatic carbocycles. The molecule has 20 heavy (non-hydrogen) atoms. The van der Waals surface area contributed by atoms with Gasteiger partial charge in [0.1, 0.15) is 5.82 Å². The van der Waals surface area contributed by atoms with Crippen molar-refractivity contribution < 1.29 is 9.18 Å². The van der Waals surface area contributed by atoms with E-state index < -0.39 is 0 Å². The van der Waals surface area contributed by atoms with E-state index in [1.54, 1.807) is 12.3 Å². The summed E-state index contributed by atoms with van der Waals surface area (Å²) in [7, 11) is 0. The van der Waals surface area contributed by atoms with Gasteiger partial charge in [-0.2, -0.15) is 0 Å². The number of hydrogen-bond acceptors (Lipinski definition) is 1. The minimum Gasteiger partial charge on any atom is -0.360 e. The van der Waals surface area contributed by atoms with E-state index in [4.69, 9.17) is 0 Å². The standard InChI is InChI=1S/C17H20FNO/c18-13-8-9-14-15(11-19-16(14)10-13)17(20)12-6-4-2-1-3-5-7-12/h8-12,19H,1-7H2. The van der Waals surface area contributed by atoms with Crippen LogP contribution in [0.25, 0.3) is 10.9 Å². The van der Waals surface area contributed by atoms with E-state index in [-0.39, 0.29) is 17.5 Å². The fourth-order valence-corrected chi connectivity index (χ4v) is 3.24. The second-order valence-corrected chi connectivity index (χ2v) is 5.80. The molecule has 106 valence electrons.